The lowest BCUT2D eigenvalue weighted by atomic mass is 10.0. The van der Waals surface area contributed by atoms with E-state index in [1.807, 2.05) is 6.20 Å². The lowest BCUT2D eigenvalue weighted by Crippen LogP contribution is -2.18. The van der Waals surface area contributed by atoms with Gasteiger partial charge in [0, 0.05) is 18.4 Å². The Morgan fingerprint density at radius 3 is 3.38 bits per heavy atom. The number of likely N-dealkylation sites (tertiary alicyclic amines) is 1. The van der Waals surface area contributed by atoms with Gasteiger partial charge in [0.15, 0.2) is 0 Å². The molecular weight excluding hydrogens is 160 g/mol. The summed E-state index contributed by atoms with van der Waals surface area (Å²) < 4.78 is 0. The number of aromatic nitrogens is 1. The zero-order valence-corrected chi connectivity index (χ0v) is 7.90. The summed E-state index contributed by atoms with van der Waals surface area (Å²) in [6, 6.07) is 2.85. The third kappa shape index (κ3) is 0.953. The molecule has 13 heavy (non-hydrogen) atoms. The summed E-state index contributed by atoms with van der Waals surface area (Å²) in [5.74, 6) is 0.865. The molecule has 1 aliphatic heterocycles. The number of hydrogen-bond donors (Lipinski definition) is 0. The highest BCUT2D eigenvalue weighted by Crippen LogP contribution is 2.44. The Balaban J connectivity index is 2.08. The zero-order chi connectivity index (χ0) is 8.84. The van der Waals surface area contributed by atoms with Crippen LogP contribution in [0, 0.1) is 5.92 Å². The van der Waals surface area contributed by atoms with Crippen LogP contribution in [0.4, 0.5) is 0 Å². The lowest BCUT2D eigenvalue weighted by Gasteiger charge is -2.18. The molecule has 1 fully saturated rings. The van der Waals surface area contributed by atoms with Crippen LogP contribution in [0.5, 0.6) is 0 Å². The summed E-state index contributed by atoms with van der Waals surface area (Å²) in [5, 5.41) is 0. The number of nitrogens with zero attached hydrogens (tertiary/aromatic N) is 2. The Morgan fingerprint density at radius 1 is 1.54 bits per heavy atom. The van der Waals surface area contributed by atoms with Gasteiger partial charge in [0.1, 0.15) is 0 Å². The molecule has 2 heteroatoms. The summed E-state index contributed by atoms with van der Waals surface area (Å²) >= 11 is 0. The van der Waals surface area contributed by atoms with E-state index in [9.17, 15) is 0 Å². The van der Waals surface area contributed by atoms with E-state index in [4.69, 9.17) is 0 Å². The van der Waals surface area contributed by atoms with Crippen LogP contribution in [0.15, 0.2) is 18.5 Å². The van der Waals surface area contributed by atoms with Crippen molar-refractivity contribution < 1.29 is 0 Å². The third-order valence-electron chi connectivity index (χ3n) is 3.52. The second kappa shape index (κ2) is 2.55. The second-order valence-electron chi connectivity index (χ2n) is 4.25. The number of fused-ring (bicyclic) bond motifs is 3. The summed E-state index contributed by atoms with van der Waals surface area (Å²) in [5.41, 5.74) is 3.00. The molecule has 3 rings (SSSR count). The van der Waals surface area contributed by atoms with Gasteiger partial charge in [-0.25, -0.2) is 0 Å². The number of rotatable bonds is 0. The largest absolute Gasteiger partial charge is 0.299 e. The third-order valence-corrected chi connectivity index (χ3v) is 3.52. The predicted molar refractivity (Wildman–Crippen MR) is 51.4 cm³/mol. The van der Waals surface area contributed by atoms with E-state index >= 15 is 0 Å². The molecule has 1 saturated heterocycles. The van der Waals surface area contributed by atoms with Crippen LogP contribution in [0.1, 0.15) is 23.6 Å². The van der Waals surface area contributed by atoms with E-state index in [-0.39, 0.29) is 0 Å². The van der Waals surface area contributed by atoms with E-state index in [0.717, 1.165) is 5.92 Å². The van der Waals surface area contributed by atoms with Crippen molar-refractivity contribution in [1.29, 1.82) is 0 Å². The molecule has 0 aromatic carbocycles. The molecule has 1 aromatic heterocycles. The molecule has 0 radical (unpaired) electrons. The highest BCUT2D eigenvalue weighted by atomic mass is 15.2. The predicted octanol–water partition coefficient (Wildman–Crippen LogP) is 1.63. The fourth-order valence-electron chi connectivity index (χ4n) is 2.90. The van der Waals surface area contributed by atoms with Gasteiger partial charge in [-0.05, 0) is 49.5 Å². The van der Waals surface area contributed by atoms with E-state index in [1.165, 1.54) is 30.5 Å². The highest BCUT2D eigenvalue weighted by Gasteiger charge is 2.39. The first kappa shape index (κ1) is 7.51. The molecule has 0 amide bonds. The van der Waals surface area contributed by atoms with Crippen LogP contribution < -0.4 is 0 Å². The van der Waals surface area contributed by atoms with E-state index < -0.39 is 0 Å². The van der Waals surface area contributed by atoms with Crippen molar-refractivity contribution in [2.45, 2.75) is 18.9 Å². The molecule has 1 aliphatic carbocycles. The number of hydrogen-bond acceptors (Lipinski definition) is 2. The molecule has 2 aliphatic rings. The maximum Gasteiger partial charge on any atom is 0.0394 e. The van der Waals surface area contributed by atoms with Gasteiger partial charge in [-0.1, -0.05) is 0 Å². The summed E-state index contributed by atoms with van der Waals surface area (Å²) in [4.78, 5) is 6.69. The molecule has 0 bridgehead atoms. The summed E-state index contributed by atoms with van der Waals surface area (Å²) in [7, 11) is 2.23. The van der Waals surface area contributed by atoms with Crippen LogP contribution in [0.2, 0.25) is 0 Å². The van der Waals surface area contributed by atoms with E-state index in [0.29, 0.717) is 6.04 Å². The summed E-state index contributed by atoms with van der Waals surface area (Å²) in [6.07, 6.45) is 6.60. The first-order chi connectivity index (χ1) is 6.36. The van der Waals surface area contributed by atoms with Crippen molar-refractivity contribution in [3.63, 3.8) is 0 Å². The molecule has 2 nitrogen and oxygen atoms in total. The fourth-order valence-corrected chi connectivity index (χ4v) is 2.90. The fraction of sp³-hybridized carbons (Fsp3) is 0.545. The SMILES string of the molecule is CN1CCC2Cc3ccncc3C21. The second-order valence-corrected chi connectivity index (χ2v) is 4.25. The minimum Gasteiger partial charge on any atom is -0.299 e. The Kier molecular flexibility index (Phi) is 1.47. The monoisotopic (exact) mass is 174 g/mol. The van der Waals surface area contributed by atoms with Crippen LogP contribution in [0.25, 0.3) is 0 Å². The normalized spacial score (nSPS) is 31.8. The average molecular weight is 174 g/mol. The molecule has 2 atom stereocenters. The topological polar surface area (TPSA) is 16.1 Å². The first-order valence-electron chi connectivity index (χ1n) is 4.99. The Morgan fingerprint density at radius 2 is 2.46 bits per heavy atom. The minimum atomic E-state index is 0.670. The molecule has 2 heterocycles. The van der Waals surface area contributed by atoms with Gasteiger partial charge in [-0.2, -0.15) is 0 Å². The van der Waals surface area contributed by atoms with Gasteiger partial charge in [0.2, 0.25) is 0 Å². The Labute approximate surface area is 78.6 Å². The average Bonchev–Trinajstić information content (AvgIpc) is 2.66. The van der Waals surface area contributed by atoms with Gasteiger partial charge < -0.3 is 0 Å². The van der Waals surface area contributed by atoms with Gasteiger partial charge in [0.25, 0.3) is 0 Å². The molecule has 0 saturated carbocycles. The molecule has 0 spiro atoms. The van der Waals surface area contributed by atoms with Gasteiger partial charge in [0.05, 0.1) is 0 Å². The maximum absolute atomic E-state index is 4.22. The van der Waals surface area contributed by atoms with Gasteiger partial charge >= 0.3 is 0 Å². The Bertz CT molecular complexity index is 335. The molecule has 0 N–H and O–H groups in total. The van der Waals surface area contributed by atoms with Gasteiger partial charge in [-0.15, -0.1) is 0 Å². The first-order valence-corrected chi connectivity index (χ1v) is 4.99. The van der Waals surface area contributed by atoms with Crippen LogP contribution >= 0.6 is 0 Å². The Hall–Kier alpha value is -0.890. The standard InChI is InChI=1S/C11H14N2/c1-13-5-3-9-6-8-2-4-12-7-10(8)11(9)13/h2,4,7,9,11H,3,5-6H2,1H3. The van der Waals surface area contributed by atoms with Crippen molar-refractivity contribution >= 4 is 0 Å². The van der Waals surface area contributed by atoms with Crippen molar-refractivity contribution in [3.8, 4) is 0 Å². The molecular formula is C11H14N2. The lowest BCUT2D eigenvalue weighted by molar-refractivity contribution is 0.292. The molecule has 2 unspecified atom stereocenters. The van der Waals surface area contributed by atoms with E-state index in [1.54, 1.807) is 0 Å². The van der Waals surface area contributed by atoms with Crippen molar-refractivity contribution in [1.82, 2.24) is 9.88 Å². The quantitative estimate of drug-likeness (QED) is 0.594. The zero-order valence-electron chi connectivity index (χ0n) is 7.90. The van der Waals surface area contributed by atoms with Crippen molar-refractivity contribution in [2.24, 2.45) is 5.92 Å². The van der Waals surface area contributed by atoms with Crippen LogP contribution in [0.3, 0.4) is 0 Å². The van der Waals surface area contributed by atoms with Gasteiger partial charge in [-0.3, -0.25) is 9.88 Å². The van der Waals surface area contributed by atoms with Crippen molar-refractivity contribution in [2.75, 3.05) is 13.6 Å². The maximum atomic E-state index is 4.22. The van der Waals surface area contributed by atoms with Crippen molar-refractivity contribution in [3.05, 3.63) is 29.6 Å². The molecule has 68 valence electrons. The van der Waals surface area contributed by atoms with Crippen LogP contribution in [-0.4, -0.2) is 23.5 Å². The van der Waals surface area contributed by atoms with E-state index in [2.05, 4.69) is 29.2 Å². The smallest absolute Gasteiger partial charge is 0.0394 e. The number of pyridine rings is 1. The van der Waals surface area contributed by atoms with Crippen LogP contribution in [-0.2, 0) is 6.42 Å². The highest BCUT2D eigenvalue weighted by molar-refractivity contribution is 5.34. The summed E-state index contributed by atoms with van der Waals surface area (Å²) in [6.45, 7) is 1.25. The molecule has 1 aromatic rings. The minimum absolute atomic E-state index is 0.670.